The van der Waals surface area contributed by atoms with Crippen molar-refractivity contribution in [1.82, 2.24) is 0 Å². The molecule has 0 aliphatic carbocycles. The van der Waals surface area contributed by atoms with E-state index in [-0.39, 0.29) is 0 Å². The number of carbonyl (C=O) groups excluding carboxylic acids is 1. The molecule has 0 aliphatic rings. The molecule has 0 radical (unpaired) electrons. The minimum Gasteiger partial charge on any atom is -0.326 e. The van der Waals surface area contributed by atoms with Gasteiger partial charge in [-0.2, -0.15) is 0 Å². The van der Waals surface area contributed by atoms with Gasteiger partial charge in [-0.3, -0.25) is 4.79 Å². The van der Waals surface area contributed by atoms with Crippen molar-refractivity contribution < 1.29 is 21.6 Å². The van der Waals surface area contributed by atoms with Gasteiger partial charge in [0.1, 0.15) is 15.6 Å². The van der Waals surface area contributed by atoms with Crippen LogP contribution in [0.5, 0.6) is 0 Å². The van der Waals surface area contributed by atoms with Crippen molar-refractivity contribution in [2.45, 2.75) is 6.54 Å². The number of nitrogens with one attached hydrogen (secondary N) is 1. The number of hydrogen-bond donors (Lipinski definition) is 2. The predicted octanol–water partition coefficient (Wildman–Crippen LogP) is -0.457. The second-order valence-corrected chi connectivity index (χ2v) is 9.12. The van der Waals surface area contributed by atoms with Crippen LogP contribution >= 0.6 is 0 Å². The maximum Gasteiger partial charge on any atom is 0.239 e. The van der Waals surface area contributed by atoms with Crippen LogP contribution in [0.15, 0.2) is 24.3 Å². The van der Waals surface area contributed by atoms with Crippen molar-refractivity contribution in [3.05, 3.63) is 29.8 Å². The summed E-state index contributed by atoms with van der Waals surface area (Å²) in [4.78, 5) is 11.7. The smallest absolute Gasteiger partial charge is 0.239 e. The fraction of sp³-hybridized carbons (Fsp3) is 0.417. The summed E-state index contributed by atoms with van der Waals surface area (Å²) < 4.78 is 45.2. The lowest BCUT2D eigenvalue weighted by Gasteiger charge is -2.07. The van der Waals surface area contributed by atoms with E-state index in [4.69, 9.17) is 5.73 Å². The summed E-state index contributed by atoms with van der Waals surface area (Å²) in [6.07, 6.45) is 0.945. The van der Waals surface area contributed by atoms with Gasteiger partial charge in [0.25, 0.3) is 0 Å². The largest absolute Gasteiger partial charge is 0.326 e. The van der Waals surface area contributed by atoms with E-state index in [0.717, 1.165) is 11.8 Å². The first-order chi connectivity index (χ1) is 9.61. The highest BCUT2D eigenvalue weighted by atomic mass is 32.2. The Morgan fingerprint density at radius 3 is 2.43 bits per heavy atom. The third-order valence-electron chi connectivity index (χ3n) is 2.56. The van der Waals surface area contributed by atoms with Gasteiger partial charge in [0, 0.05) is 18.5 Å². The van der Waals surface area contributed by atoms with Gasteiger partial charge in [-0.05, 0) is 17.7 Å². The zero-order chi connectivity index (χ0) is 16.1. The Balaban J connectivity index is 2.64. The minimum atomic E-state index is -3.77. The molecule has 7 nitrogen and oxygen atoms in total. The standard InChI is InChI=1S/C12H18N2O5S2/c1-20(16,17)5-6-21(18,19)9-12(15)14-11-4-2-3-10(7-11)8-13/h2-4,7H,5-6,8-9,13H2,1H3,(H,14,15). The third kappa shape index (κ3) is 7.21. The average molecular weight is 334 g/mol. The van der Waals surface area contributed by atoms with E-state index in [9.17, 15) is 21.6 Å². The van der Waals surface area contributed by atoms with Crippen LogP contribution in [0, 0.1) is 0 Å². The van der Waals surface area contributed by atoms with Crippen molar-refractivity contribution >= 4 is 31.3 Å². The number of amides is 1. The fourth-order valence-electron chi connectivity index (χ4n) is 1.52. The maximum atomic E-state index is 11.7. The monoisotopic (exact) mass is 334 g/mol. The summed E-state index contributed by atoms with van der Waals surface area (Å²) in [5, 5.41) is 2.45. The van der Waals surface area contributed by atoms with E-state index in [1.807, 2.05) is 0 Å². The molecule has 0 bridgehead atoms. The van der Waals surface area contributed by atoms with E-state index in [0.29, 0.717) is 12.2 Å². The minimum absolute atomic E-state index is 0.302. The van der Waals surface area contributed by atoms with Crippen LogP contribution < -0.4 is 11.1 Å². The zero-order valence-electron chi connectivity index (χ0n) is 11.6. The molecule has 21 heavy (non-hydrogen) atoms. The second kappa shape index (κ2) is 7.01. The Morgan fingerprint density at radius 2 is 1.86 bits per heavy atom. The van der Waals surface area contributed by atoms with Crippen molar-refractivity contribution in [2.75, 3.05) is 28.8 Å². The third-order valence-corrected chi connectivity index (χ3v) is 5.29. The molecule has 0 aromatic heterocycles. The molecular formula is C12H18N2O5S2. The predicted molar refractivity (Wildman–Crippen MR) is 81.3 cm³/mol. The summed E-state index contributed by atoms with van der Waals surface area (Å²) in [5.41, 5.74) is 6.71. The Hall–Kier alpha value is -1.45. The summed E-state index contributed by atoms with van der Waals surface area (Å²) in [6.45, 7) is 0.302. The van der Waals surface area contributed by atoms with Gasteiger partial charge in [0.2, 0.25) is 5.91 Å². The first-order valence-corrected chi connectivity index (χ1v) is 9.96. The van der Waals surface area contributed by atoms with Crippen LogP contribution in [0.25, 0.3) is 0 Å². The highest BCUT2D eigenvalue weighted by molar-refractivity contribution is 7.95. The number of carbonyl (C=O) groups is 1. The molecule has 0 fully saturated rings. The Kier molecular flexibility index (Phi) is 5.87. The lowest BCUT2D eigenvalue weighted by atomic mass is 10.2. The Labute approximate surface area is 124 Å². The molecule has 0 unspecified atom stereocenters. The number of rotatable bonds is 7. The fourth-order valence-corrected chi connectivity index (χ4v) is 4.37. The van der Waals surface area contributed by atoms with Gasteiger partial charge in [-0.1, -0.05) is 12.1 Å². The topological polar surface area (TPSA) is 123 Å². The zero-order valence-corrected chi connectivity index (χ0v) is 13.2. The maximum absolute atomic E-state index is 11.7. The van der Waals surface area contributed by atoms with E-state index >= 15 is 0 Å². The molecular weight excluding hydrogens is 316 g/mol. The van der Waals surface area contributed by atoms with Crippen LogP contribution in [0.2, 0.25) is 0 Å². The highest BCUT2D eigenvalue weighted by Crippen LogP contribution is 2.10. The number of anilines is 1. The van der Waals surface area contributed by atoms with E-state index in [2.05, 4.69) is 5.32 Å². The first-order valence-electron chi connectivity index (χ1n) is 6.08. The van der Waals surface area contributed by atoms with Gasteiger partial charge < -0.3 is 11.1 Å². The molecule has 1 rings (SSSR count). The Morgan fingerprint density at radius 1 is 1.19 bits per heavy atom. The normalized spacial score (nSPS) is 12.1. The summed E-state index contributed by atoms with van der Waals surface area (Å²) in [6, 6.07) is 6.72. The highest BCUT2D eigenvalue weighted by Gasteiger charge is 2.19. The summed E-state index contributed by atoms with van der Waals surface area (Å²) in [5.74, 6) is -2.53. The van der Waals surface area contributed by atoms with Crippen molar-refractivity contribution in [3.63, 3.8) is 0 Å². The molecule has 1 aromatic carbocycles. The molecule has 0 saturated carbocycles. The van der Waals surface area contributed by atoms with Gasteiger partial charge in [-0.15, -0.1) is 0 Å². The van der Waals surface area contributed by atoms with Crippen LogP contribution in [0.3, 0.4) is 0 Å². The van der Waals surface area contributed by atoms with Crippen LogP contribution in [-0.2, 0) is 31.0 Å². The van der Waals surface area contributed by atoms with E-state index in [1.54, 1.807) is 24.3 Å². The van der Waals surface area contributed by atoms with E-state index < -0.39 is 42.8 Å². The van der Waals surface area contributed by atoms with Gasteiger partial charge in [-0.25, -0.2) is 16.8 Å². The molecule has 9 heteroatoms. The molecule has 3 N–H and O–H groups in total. The molecule has 0 saturated heterocycles. The quantitative estimate of drug-likeness (QED) is 0.695. The van der Waals surface area contributed by atoms with Gasteiger partial charge >= 0.3 is 0 Å². The number of hydrogen-bond acceptors (Lipinski definition) is 6. The lowest BCUT2D eigenvalue weighted by molar-refractivity contribution is -0.113. The number of benzene rings is 1. The summed E-state index contributed by atoms with van der Waals surface area (Å²) >= 11 is 0. The molecule has 0 atom stereocenters. The van der Waals surface area contributed by atoms with Crippen molar-refractivity contribution in [2.24, 2.45) is 5.73 Å². The number of nitrogens with two attached hydrogens (primary N) is 1. The van der Waals surface area contributed by atoms with Gasteiger partial charge in [0.15, 0.2) is 9.84 Å². The lowest BCUT2D eigenvalue weighted by Crippen LogP contribution is -2.27. The molecule has 0 spiro atoms. The average Bonchev–Trinajstić information content (AvgIpc) is 2.35. The van der Waals surface area contributed by atoms with Crippen molar-refractivity contribution in [3.8, 4) is 0 Å². The van der Waals surface area contributed by atoms with Crippen molar-refractivity contribution in [1.29, 1.82) is 0 Å². The SMILES string of the molecule is CS(=O)(=O)CCS(=O)(=O)CC(=O)Nc1cccc(CN)c1. The molecule has 1 amide bonds. The van der Waals surface area contributed by atoms with Crippen LogP contribution in [0.4, 0.5) is 5.69 Å². The molecule has 0 aliphatic heterocycles. The molecule has 0 heterocycles. The van der Waals surface area contributed by atoms with E-state index in [1.165, 1.54) is 0 Å². The molecule has 118 valence electrons. The second-order valence-electron chi connectivity index (χ2n) is 4.67. The summed E-state index contributed by atoms with van der Waals surface area (Å²) in [7, 11) is -7.15. The number of sulfone groups is 2. The van der Waals surface area contributed by atoms with Gasteiger partial charge in [0.05, 0.1) is 11.5 Å². The van der Waals surface area contributed by atoms with Crippen LogP contribution in [-0.4, -0.2) is 46.3 Å². The van der Waals surface area contributed by atoms with Crippen LogP contribution in [0.1, 0.15) is 5.56 Å². The molecule has 1 aromatic rings. The first kappa shape index (κ1) is 17.6. The Bertz CT molecular complexity index is 711.